The van der Waals surface area contributed by atoms with Gasteiger partial charge in [0.1, 0.15) is 0 Å². The molecule has 0 saturated carbocycles. The number of urea groups is 1. The van der Waals surface area contributed by atoms with Crippen molar-refractivity contribution < 1.29 is 9.53 Å². The monoisotopic (exact) mass is 315 g/mol. The third kappa shape index (κ3) is 3.87. The van der Waals surface area contributed by atoms with Gasteiger partial charge in [-0.05, 0) is 37.0 Å². The van der Waals surface area contributed by atoms with Gasteiger partial charge in [0.15, 0.2) is 0 Å². The van der Waals surface area contributed by atoms with Crippen LogP contribution in [-0.2, 0) is 17.7 Å². The first kappa shape index (κ1) is 15.5. The summed E-state index contributed by atoms with van der Waals surface area (Å²) in [5.74, 6) is 0. The van der Waals surface area contributed by atoms with E-state index < -0.39 is 0 Å². The molecule has 0 saturated heterocycles. The predicted octanol–water partition coefficient (Wildman–Crippen LogP) is 2.12. The highest BCUT2D eigenvalue weighted by atomic mass is 16.5. The molecule has 3 rings (SSSR count). The maximum absolute atomic E-state index is 12.2. The minimum atomic E-state index is -0.222. The minimum Gasteiger partial charge on any atom is -0.383 e. The number of carbonyl (C=O) groups excluding carboxylic acids is 1. The van der Waals surface area contributed by atoms with E-state index in [-0.39, 0.29) is 12.1 Å². The molecule has 0 spiro atoms. The fourth-order valence-corrected chi connectivity index (χ4v) is 2.80. The lowest BCUT2D eigenvalue weighted by Crippen LogP contribution is -2.34. The molecule has 122 valence electrons. The zero-order chi connectivity index (χ0) is 16.1. The van der Waals surface area contributed by atoms with Crippen molar-refractivity contribution in [2.75, 3.05) is 19.0 Å². The zero-order valence-electron chi connectivity index (χ0n) is 13.2. The molecule has 2 N–H and O–H groups in total. The smallest absolute Gasteiger partial charge is 0.319 e. The number of pyridine rings is 1. The van der Waals surface area contributed by atoms with E-state index in [1.807, 2.05) is 4.68 Å². The Labute approximate surface area is 135 Å². The van der Waals surface area contributed by atoms with Crippen LogP contribution in [0.25, 0.3) is 0 Å². The maximum Gasteiger partial charge on any atom is 0.319 e. The number of anilines is 1. The largest absolute Gasteiger partial charge is 0.383 e. The van der Waals surface area contributed by atoms with E-state index in [9.17, 15) is 4.79 Å². The Morgan fingerprint density at radius 1 is 1.43 bits per heavy atom. The van der Waals surface area contributed by atoms with Gasteiger partial charge in [-0.3, -0.25) is 9.67 Å². The van der Waals surface area contributed by atoms with Crippen molar-refractivity contribution in [2.24, 2.45) is 0 Å². The third-order valence-corrected chi connectivity index (χ3v) is 3.91. The van der Waals surface area contributed by atoms with E-state index in [2.05, 4.69) is 26.9 Å². The molecule has 2 aromatic heterocycles. The van der Waals surface area contributed by atoms with E-state index in [0.29, 0.717) is 6.61 Å². The van der Waals surface area contributed by atoms with Crippen molar-refractivity contribution in [1.82, 2.24) is 20.1 Å². The van der Waals surface area contributed by atoms with Gasteiger partial charge in [-0.15, -0.1) is 0 Å². The second-order valence-corrected chi connectivity index (χ2v) is 5.57. The van der Waals surface area contributed by atoms with E-state index in [1.54, 1.807) is 31.6 Å². The van der Waals surface area contributed by atoms with E-state index in [0.717, 1.165) is 37.2 Å². The molecule has 0 radical (unpaired) electrons. The minimum absolute atomic E-state index is 0.0515. The first-order valence-corrected chi connectivity index (χ1v) is 7.79. The summed E-state index contributed by atoms with van der Waals surface area (Å²) in [6, 6.07) is 3.24. The number of ether oxygens (including phenoxy) is 1. The van der Waals surface area contributed by atoms with Crippen molar-refractivity contribution in [2.45, 2.75) is 31.8 Å². The fourth-order valence-electron chi connectivity index (χ4n) is 2.80. The van der Waals surface area contributed by atoms with Crippen LogP contribution in [0.1, 0.15) is 30.1 Å². The van der Waals surface area contributed by atoms with Crippen LogP contribution in [0.15, 0.2) is 30.7 Å². The summed E-state index contributed by atoms with van der Waals surface area (Å²) in [7, 11) is 1.68. The second kappa shape index (κ2) is 7.23. The van der Waals surface area contributed by atoms with Gasteiger partial charge in [-0.2, -0.15) is 5.10 Å². The maximum atomic E-state index is 12.2. The summed E-state index contributed by atoms with van der Waals surface area (Å²) in [5.41, 5.74) is 2.90. The molecule has 0 aromatic carbocycles. The normalized spacial score (nSPS) is 16.7. The summed E-state index contributed by atoms with van der Waals surface area (Å²) in [5, 5.41) is 10.4. The molecule has 7 nitrogen and oxygen atoms in total. The lowest BCUT2D eigenvalue weighted by molar-refractivity contribution is 0.183. The zero-order valence-corrected chi connectivity index (χ0v) is 13.2. The number of nitrogens with zero attached hydrogens (tertiary/aromatic N) is 3. The third-order valence-electron chi connectivity index (χ3n) is 3.91. The Kier molecular flexibility index (Phi) is 4.87. The number of rotatable bonds is 5. The van der Waals surface area contributed by atoms with Gasteiger partial charge < -0.3 is 15.4 Å². The van der Waals surface area contributed by atoms with E-state index >= 15 is 0 Å². The molecule has 2 aromatic rings. The molecule has 1 unspecified atom stereocenters. The molecule has 0 aliphatic heterocycles. The summed E-state index contributed by atoms with van der Waals surface area (Å²) < 4.78 is 6.99. The molecule has 7 heteroatoms. The van der Waals surface area contributed by atoms with Crippen molar-refractivity contribution in [3.63, 3.8) is 0 Å². The SMILES string of the molecule is COCCn1cc2c(n1)C(NC(=O)Nc1ccncc1)CCC2. The Morgan fingerprint density at radius 3 is 3.04 bits per heavy atom. The molecular weight excluding hydrogens is 294 g/mol. The molecule has 2 amide bonds. The summed E-state index contributed by atoms with van der Waals surface area (Å²) in [6.07, 6.45) is 8.30. The molecule has 0 bridgehead atoms. The molecule has 1 atom stereocenters. The first-order valence-electron chi connectivity index (χ1n) is 7.79. The van der Waals surface area contributed by atoms with Gasteiger partial charge in [-0.1, -0.05) is 0 Å². The molecule has 1 aliphatic rings. The average Bonchev–Trinajstić information content (AvgIpc) is 2.98. The topological polar surface area (TPSA) is 81.1 Å². The Morgan fingerprint density at radius 2 is 2.26 bits per heavy atom. The molecule has 1 aliphatic carbocycles. The summed E-state index contributed by atoms with van der Waals surface area (Å²) in [6.45, 7) is 1.35. The highest BCUT2D eigenvalue weighted by molar-refractivity contribution is 5.89. The summed E-state index contributed by atoms with van der Waals surface area (Å²) in [4.78, 5) is 16.1. The highest BCUT2D eigenvalue weighted by Gasteiger charge is 2.25. The lowest BCUT2D eigenvalue weighted by Gasteiger charge is -2.22. The van der Waals surface area contributed by atoms with Crippen LogP contribution in [-0.4, -0.2) is 34.5 Å². The number of hydrogen-bond acceptors (Lipinski definition) is 4. The number of hydrogen-bond donors (Lipinski definition) is 2. The van der Waals surface area contributed by atoms with Crippen LogP contribution in [0.4, 0.5) is 10.5 Å². The average molecular weight is 315 g/mol. The number of amides is 2. The Balaban J connectivity index is 1.65. The Hall–Kier alpha value is -2.41. The molecular formula is C16H21N5O2. The quantitative estimate of drug-likeness (QED) is 0.885. The van der Waals surface area contributed by atoms with Gasteiger partial charge >= 0.3 is 6.03 Å². The number of nitrogens with one attached hydrogen (secondary N) is 2. The predicted molar refractivity (Wildman–Crippen MR) is 86.2 cm³/mol. The van der Waals surface area contributed by atoms with Crippen molar-refractivity contribution in [3.8, 4) is 0 Å². The van der Waals surface area contributed by atoms with Crippen LogP contribution >= 0.6 is 0 Å². The lowest BCUT2D eigenvalue weighted by atomic mass is 9.94. The second-order valence-electron chi connectivity index (χ2n) is 5.57. The van der Waals surface area contributed by atoms with Crippen LogP contribution in [0.3, 0.4) is 0 Å². The van der Waals surface area contributed by atoms with Crippen LogP contribution < -0.4 is 10.6 Å². The van der Waals surface area contributed by atoms with Crippen LogP contribution in [0, 0.1) is 0 Å². The van der Waals surface area contributed by atoms with Gasteiger partial charge in [0.05, 0.1) is 24.9 Å². The number of fused-ring (bicyclic) bond motifs is 1. The van der Waals surface area contributed by atoms with Crippen molar-refractivity contribution >= 4 is 11.7 Å². The molecule has 23 heavy (non-hydrogen) atoms. The van der Waals surface area contributed by atoms with Gasteiger partial charge in [0.25, 0.3) is 0 Å². The molecule has 0 fully saturated rings. The molecule has 2 heterocycles. The van der Waals surface area contributed by atoms with Gasteiger partial charge in [0.2, 0.25) is 0 Å². The standard InChI is InChI=1S/C16H21N5O2/c1-23-10-9-21-11-12-3-2-4-14(15(12)20-21)19-16(22)18-13-5-7-17-8-6-13/h5-8,11,14H,2-4,9-10H2,1H3,(H2,17,18,19,22). The Bertz CT molecular complexity index is 656. The number of aromatic nitrogens is 3. The summed E-state index contributed by atoms with van der Waals surface area (Å²) >= 11 is 0. The fraction of sp³-hybridized carbons (Fsp3) is 0.438. The van der Waals surface area contributed by atoms with E-state index in [4.69, 9.17) is 4.74 Å². The highest BCUT2D eigenvalue weighted by Crippen LogP contribution is 2.28. The number of carbonyl (C=O) groups is 1. The first-order chi connectivity index (χ1) is 11.3. The number of methoxy groups -OCH3 is 1. The van der Waals surface area contributed by atoms with Crippen LogP contribution in [0.5, 0.6) is 0 Å². The van der Waals surface area contributed by atoms with Crippen LogP contribution in [0.2, 0.25) is 0 Å². The van der Waals surface area contributed by atoms with Gasteiger partial charge in [0, 0.05) is 31.4 Å². The van der Waals surface area contributed by atoms with Gasteiger partial charge in [-0.25, -0.2) is 4.79 Å². The van der Waals surface area contributed by atoms with Crippen molar-refractivity contribution in [3.05, 3.63) is 42.0 Å². The number of aryl methyl sites for hydroxylation is 1. The van der Waals surface area contributed by atoms with E-state index in [1.165, 1.54) is 5.56 Å². The van der Waals surface area contributed by atoms with Crippen molar-refractivity contribution in [1.29, 1.82) is 0 Å².